The number of hydrogen-bond acceptors (Lipinski definition) is 3. The van der Waals surface area contributed by atoms with Crippen LogP contribution in [0.2, 0.25) is 0 Å². The fourth-order valence-electron chi connectivity index (χ4n) is 2.03. The van der Waals surface area contributed by atoms with Gasteiger partial charge in [0.05, 0.1) is 0 Å². The summed E-state index contributed by atoms with van der Waals surface area (Å²) in [6.07, 6.45) is 8.70. The minimum atomic E-state index is 0.438. The lowest BCUT2D eigenvalue weighted by atomic mass is 10.1. The molecule has 0 bridgehead atoms. The van der Waals surface area contributed by atoms with Gasteiger partial charge in [-0.3, -0.25) is 4.98 Å². The van der Waals surface area contributed by atoms with E-state index in [0.717, 1.165) is 30.8 Å². The number of aryl methyl sites for hydroxylation is 2. The monoisotopic (exact) mass is 244 g/mol. The van der Waals surface area contributed by atoms with Crippen molar-refractivity contribution in [3.8, 4) is 0 Å². The highest BCUT2D eigenvalue weighted by Gasteiger charge is 2.10. The number of nitrogens with one attached hydrogen (secondary N) is 1. The number of pyridine rings is 1. The standard InChI is InChI=1S/C14H20N4/c1-15-13(11-14-17-9-10-18(14)2)7-6-12-5-3-4-8-16-12/h3-5,8-10,13,15H,6-7,11H2,1-2H3. The first-order chi connectivity index (χ1) is 8.79. The molecule has 1 atom stereocenters. The number of hydrogen-bond donors (Lipinski definition) is 1. The third kappa shape index (κ3) is 3.40. The first-order valence-electron chi connectivity index (χ1n) is 6.33. The summed E-state index contributed by atoms with van der Waals surface area (Å²) in [6.45, 7) is 0. The average molecular weight is 244 g/mol. The van der Waals surface area contributed by atoms with Crippen LogP contribution in [-0.2, 0) is 19.9 Å². The molecule has 0 amide bonds. The fraction of sp³-hybridized carbons (Fsp3) is 0.429. The predicted molar refractivity (Wildman–Crippen MR) is 72.3 cm³/mol. The van der Waals surface area contributed by atoms with Crippen LogP contribution in [0.4, 0.5) is 0 Å². The van der Waals surface area contributed by atoms with Crippen molar-refractivity contribution in [3.05, 3.63) is 48.3 Å². The highest BCUT2D eigenvalue weighted by Crippen LogP contribution is 2.07. The number of imidazole rings is 1. The Kier molecular flexibility index (Phi) is 4.47. The van der Waals surface area contributed by atoms with E-state index in [1.165, 1.54) is 0 Å². The van der Waals surface area contributed by atoms with Gasteiger partial charge in [-0.05, 0) is 32.0 Å². The maximum absolute atomic E-state index is 4.37. The summed E-state index contributed by atoms with van der Waals surface area (Å²) >= 11 is 0. The Labute approximate surface area is 108 Å². The zero-order valence-corrected chi connectivity index (χ0v) is 11.0. The van der Waals surface area contributed by atoms with Crippen LogP contribution in [-0.4, -0.2) is 27.6 Å². The van der Waals surface area contributed by atoms with Gasteiger partial charge in [0.25, 0.3) is 0 Å². The molecule has 2 aromatic heterocycles. The summed E-state index contributed by atoms with van der Waals surface area (Å²) in [4.78, 5) is 8.72. The van der Waals surface area contributed by atoms with Crippen molar-refractivity contribution in [2.45, 2.75) is 25.3 Å². The lowest BCUT2D eigenvalue weighted by Gasteiger charge is -2.15. The van der Waals surface area contributed by atoms with E-state index in [-0.39, 0.29) is 0 Å². The van der Waals surface area contributed by atoms with E-state index < -0.39 is 0 Å². The summed E-state index contributed by atoms with van der Waals surface area (Å²) in [5.74, 6) is 1.12. The van der Waals surface area contributed by atoms with Crippen LogP contribution >= 0.6 is 0 Å². The largest absolute Gasteiger partial charge is 0.338 e. The van der Waals surface area contributed by atoms with Crippen LogP contribution in [0, 0.1) is 0 Å². The molecule has 0 saturated carbocycles. The summed E-state index contributed by atoms with van der Waals surface area (Å²) < 4.78 is 2.07. The Morgan fingerprint density at radius 1 is 1.28 bits per heavy atom. The van der Waals surface area contributed by atoms with Gasteiger partial charge in [-0.15, -0.1) is 0 Å². The molecule has 0 fully saturated rings. The molecule has 4 nitrogen and oxygen atoms in total. The van der Waals surface area contributed by atoms with Crippen molar-refractivity contribution in [2.75, 3.05) is 7.05 Å². The van der Waals surface area contributed by atoms with E-state index >= 15 is 0 Å². The lowest BCUT2D eigenvalue weighted by molar-refractivity contribution is 0.500. The highest BCUT2D eigenvalue weighted by atomic mass is 15.0. The van der Waals surface area contributed by atoms with Crippen LogP contribution in [0.25, 0.3) is 0 Å². The zero-order valence-electron chi connectivity index (χ0n) is 11.0. The van der Waals surface area contributed by atoms with Gasteiger partial charge < -0.3 is 9.88 Å². The van der Waals surface area contributed by atoms with Crippen LogP contribution < -0.4 is 5.32 Å². The van der Waals surface area contributed by atoms with E-state index in [1.54, 1.807) is 0 Å². The Morgan fingerprint density at radius 2 is 2.17 bits per heavy atom. The molecule has 2 aromatic rings. The SMILES string of the molecule is CNC(CCc1ccccn1)Cc1nccn1C. The van der Waals surface area contributed by atoms with Gasteiger partial charge in [-0.1, -0.05) is 6.07 Å². The summed E-state index contributed by atoms with van der Waals surface area (Å²) in [5, 5.41) is 3.36. The molecular formula is C14H20N4. The molecule has 1 N–H and O–H groups in total. The van der Waals surface area contributed by atoms with Gasteiger partial charge in [0.2, 0.25) is 0 Å². The molecule has 2 heterocycles. The van der Waals surface area contributed by atoms with Crippen molar-refractivity contribution in [3.63, 3.8) is 0 Å². The Balaban J connectivity index is 1.88. The third-order valence-electron chi connectivity index (χ3n) is 3.23. The molecule has 0 aliphatic carbocycles. The summed E-state index contributed by atoms with van der Waals surface area (Å²) in [5.41, 5.74) is 1.15. The fourth-order valence-corrected chi connectivity index (χ4v) is 2.03. The van der Waals surface area contributed by atoms with E-state index in [9.17, 15) is 0 Å². The maximum atomic E-state index is 4.37. The Hall–Kier alpha value is -1.68. The van der Waals surface area contributed by atoms with Gasteiger partial charge in [-0.25, -0.2) is 4.98 Å². The molecule has 0 aliphatic rings. The van der Waals surface area contributed by atoms with Gasteiger partial charge in [-0.2, -0.15) is 0 Å². The molecule has 96 valence electrons. The first kappa shape index (κ1) is 12.8. The summed E-state index contributed by atoms with van der Waals surface area (Å²) in [7, 11) is 4.04. The van der Waals surface area contributed by atoms with Gasteiger partial charge in [0, 0.05) is 43.8 Å². The van der Waals surface area contributed by atoms with E-state index in [2.05, 4.69) is 25.9 Å². The van der Waals surface area contributed by atoms with E-state index in [1.807, 2.05) is 44.8 Å². The summed E-state index contributed by atoms with van der Waals surface area (Å²) in [6, 6.07) is 6.50. The zero-order chi connectivity index (χ0) is 12.8. The van der Waals surface area contributed by atoms with E-state index in [4.69, 9.17) is 0 Å². The second kappa shape index (κ2) is 6.31. The molecule has 0 aromatic carbocycles. The van der Waals surface area contributed by atoms with Gasteiger partial charge in [0.1, 0.15) is 5.82 Å². The Morgan fingerprint density at radius 3 is 2.78 bits per heavy atom. The highest BCUT2D eigenvalue weighted by molar-refractivity contribution is 5.04. The third-order valence-corrected chi connectivity index (χ3v) is 3.23. The predicted octanol–water partition coefficient (Wildman–Crippen LogP) is 1.58. The number of aromatic nitrogens is 3. The van der Waals surface area contributed by atoms with Crippen molar-refractivity contribution in [1.29, 1.82) is 0 Å². The molecule has 0 radical (unpaired) electrons. The first-order valence-corrected chi connectivity index (χ1v) is 6.33. The van der Waals surface area contributed by atoms with Gasteiger partial charge in [0.15, 0.2) is 0 Å². The molecule has 2 rings (SSSR count). The second-order valence-electron chi connectivity index (χ2n) is 4.50. The molecule has 0 spiro atoms. The molecular weight excluding hydrogens is 224 g/mol. The minimum absolute atomic E-state index is 0.438. The van der Waals surface area contributed by atoms with Crippen molar-refractivity contribution >= 4 is 0 Å². The van der Waals surface area contributed by atoms with Gasteiger partial charge >= 0.3 is 0 Å². The second-order valence-corrected chi connectivity index (χ2v) is 4.50. The smallest absolute Gasteiger partial charge is 0.109 e. The number of likely N-dealkylation sites (N-methyl/N-ethyl adjacent to an activating group) is 1. The lowest BCUT2D eigenvalue weighted by Crippen LogP contribution is -2.29. The number of rotatable bonds is 6. The van der Waals surface area contributed by atoms with Crippen molar-refractivity contribution in [1.82, 2.24) is 19.9 Å². The number of nitrogens with zero attached hydrogens (tertiary/aromatic N) is 3. The molecule has 1 unspecified atom stereocenters. The molecule has 0 saturated heterocycles. The molecule has 4 heteroatoms. The normalized spacial score (nSPS) is 12.6. The molecule has 18 heavy (non-hydrogen) atoms. The Bertz CT molecular complexity index is 464. The quantitative estimate of drug-likeness (QED) is 0.839. The average Bonchev–Trinajstić information content (AvgIpc) is 2.81. The maximum Gasteiger partial charge on any atom is 0.109 e. The van der Waals surface area contributed by atoms with Crippen molar-refractivity contribution in [2.24, 2.45) is 7.05 Å². The van der Waals surface area contributed by atoms with Crippen LogP contribution in [0.5, 0.6) is 0 Å². The van der Waals surface area contributed by atoms with Crippen molar-refractivity contribution < 1.29 is 0 Å². The molecule has 0 aliphatic heterocycles. The van der Waals surface area contributed by atoms with E-state index in [0.29, 0.717) is 6.04 Å². The minimum Gasteiger partial charge on any atom is -0.338 e. The van der Waals surface area contributed by atoms with Crippen LogP contribution in [0.15, 0.2) is 36.8 Å². The van der Waals surface area contributed by atoms with Crippen LogP contribution in [0.1, 0.15) is 17.9 Å². The topological polar surface area (TPSA) is 42.7 Å². The van der Waals surface area contributed by atoms with Crippen LogP contribution in [0.3, 0.4) is 0 Å².